The smallest absolute Gasteiger partial charge is 0.342 e. The Morgan fingerprint density at radius 1 is 1.03 bits per heavy atom. The van der Waals surface area contributed by atoms with E-state index in [1.165, 1.54) is 23.1 Å². The quantitative estimate of drug-likeness (QED) is 0.662. The summed E-state index contributed by atoms with van der Waals surface area (Å²) < 4.78 is 12.6. The molecular formula is C24H27N2O3S+. The second-order valence-electron chi connectivity index (χ2n) is 8.15. The van der Waals surface area contributed by atoms with E-state index in [0.29, 0.717) is 13.2 Å². The lowest BCUT2D eigenvalue weighted by atomic mass is 10.0. The number of carbonyl (C=O) groups excluding carboxylic acids is 1. The van der Waals surface area contributed by atoms with Gasteiger partial charge in [0, 0.05) is 11.1 Å². The van der Waals surface area contributed by atoms with E-state index in [1.54, 1.807) is 11.3 Å². The fourth-order valence-electron chi connectivity index (χ4n) is 4.42. The number of nitrogens with two attached hydrogens (primary N) is 1. The molecule has 2 aromatic carbocycles. The van der Waals surface area contributed by atoms with Crippen molar-refractivity contribution in [3.63, 3.8) is 0 Å². The van der Waals surface area contributed by atoms with Gasteiger partial charge in [0.2, 0.25) is 0 Å². The van der Waals surface area contributed by atoms with Crippen LogP contribution in [0.15, 0.2) is 47.8 Å². The first-order chi connectivity index (χ1) is 14.7. The van der Waals surface area contributed by atoms with Crippen LogP contribution < -0.4 is 14.8 Å². The van der Waals surface area contributed by atoms with Gasteiger partial charge in [-0.2, -0.15) is 0 Å². The van der Waals surface area contributed by atoms with Crippen molar-refractivity contribution in [2.45, 2.75) is 25.3 Å². The Labute approximate surface area is 180 Å². The second kappa shape index (κ2) is 8.76. The van der Waals surface area contributed by atoms with Crippen LogP contribution in [0, 0.1) is 0 Å². The first-order valence-electron chi connectivity index (χ1n) is 10.7. The van der Waals surface area contributed by atoms with E-state index < -0.39 is 0 Å². The Balaban J connectivity index is 1.33. The van der Waals surface area contributed by atoms with Crippen molar-refractivity contribution in [3.05, 3.63) is 59.0 Å². The van der Waals surface area contributed by atoms with E-state index in [-0.39, 0.29) is 11.9 Å². The van der Waals surface area contributed by atoms with Gasteiger partial charge in [-0.25, -0.2) is 4.79 Å². The fraction of sp³-hybridized carbons (Fsp3) is 0.375. The molecule has 0 saturated carbocycles. The van der Waals surface area contributed by atoms with Gasteiger partial charge in [-0.15, -0.1) is 11.3 Å². The molecule has 30 heavy (non-hydrogen) atoms. The Morgan fingerprint density at radius 2 is 1.87 bits per heavy atom. The summed E-state index contributed by atoms with van der Waals surface area (Å²) in [6, 6.07) is 14.4. The van der Waals surface area contributed by atoms with Crippen molar-refractivity contribution in [3.8, 4) is 11.5 Å². The number of amides is 1. The highest BCUT2D eigenvalue weighted by molar-refractivity contribution is 7.17. The van der Waals surface area contributed by atoms with Crippen molar-refractivity contribution >= 4 is 27.3 Å². The molecule has 3 heterocycles. The van der Waals surface area contributed by atoms with Crippen molar-refractivity contribution in [2.75, 3.05) is 32.8 Å². The van der Waals surface area contributed by atoms with Gasteiger partial charge < -0.3 is 9.47 Å². The molecule has 1 amide bonds. The van der Waals surface area contributed by atoms with Gasteiger partial charge in [-0.05, 0) is 78.7 Å². The fourth-order valence-corrected chi connectivity index (χ4v) is 5.19. The lowest BCUT2D eigenvalue weighted by molar-refractivity contribution is -0.594. The number of thiophene rings is 1. The molecule has 0 radical (unpaired) electrons. The highest BCUT2D eigenvalue weighted by Gasteiger charge is 2.25. The summed E-state index contributed by atoms with van der Waals surface area (Å²) in [5.41, 5.74) is 1.95. The van der Waals surface area contributed by atoms with Gasteiger partial charge >= 0.3 is 5.91 Å². The zero-order valence-corrected chi connectivity index (χ0v) is 17.8. The summed E-state index contributed by atoms with van der Waals surface area (Å²) in [7, 11) is 0. The maximum absolute atomic E-state index is 13.1. The number of primary amides is 1. The van der Waals surface area contributed by atoms with Gasteiger partial charge in [0.25, 0.3) is 0 Å². The van der Waals surface area contributed by atoms with Crippen LogP contribution >= 0.6 is 11.3 Å². The number of ether oxygens (including phenoxy) is 2. The number of hydrogen-bond donors (Lipinski definition) is 1. The Hall–Kier alpha value is -2.41. The first kappa shape index (κ1) is 19.5. The van der Waals surface area contributed by atoms with Crippen LogP contribution in [-0.2, 0) is 6.42 Å². The third-order valence-corrected chi connectivity index (χ3v) is 6.82. The average Bonchev–Trinajstić information content (AvgIpc) is 3.44. The second-order valence-corrected chi connectivity index (χ2v) is 9.10. The lowest BCUT2D eigenvalue weighted by Gasteiger charge is -2.23. The van der Waals surface area contributed by atoms with Gasteiger partial charge in [0.15, 0.2) is 11.5 Å². The van der Waals surface area contributed by atoms with E-state index >= 15 is 0 Å². The molecule has 3 aromatic rings. The van der Waals surface area contributed by atoms with Gasteiger partial charge in [-0.1, -0.05) is 6.07 Å². The molecule has 0 bridgehead atoms. The zero-order chi connectivity index (χ0) is 20.3. The molecule has 0 aliphatic carbocycles. The van der Waals surface area contributed by atoms with Crippen molar-refractivity contribution < 1.29 is 19.6 Å². The maximum Gasteiger partial charge on any atom is 0.342 e. The van der Waals surface area contributed by atoms with Crippen molar-refractivity contribution in [1.29, 1.82) is 0 Å². The molecule has 5 rings (SSSR count). The normalized spacial score (nSPS) is 17.3. The molecule has 156 valence electrons. The molecule has 2 aliphatic rings. The highest BCUT2D eigenvalue weighted by Crippen LogP contribution is 2.31. The van der Waals surface area contributed by atoms with Gasteiger partial charge in [0.05, 0.1) is 12.1 Å². The predicted molar refractivity (Wildman–Crippen MR) is 119 cm³/mol. The molecule has 2 aliphatic heterocycles. The van der Waals surface area contributed by atoms with Crippen molar-refractivity contribution in [2.24, 2.45) is 0 Å². The minimum atomic E-state index is 0.116. The van der Waals surface area contributed by atoms with E-state index in [1.807, 2.05) is 23.5 Å². The summed E-state index contributed by atoms with van der Waals surface area (Å²) in [6.07, 6.45) is 3.32. The SMILES string of the molecule is O=C([NH2+]C(Cc1ccc2c(c1)OCCO2)CN1CCCC1)c1ccc2sccc2c1. The molecule has 2 N–H and O–H groups in total. The van der Waals surface area contributed by atoms with Crippen LogP contribution in [0.2, 0.25) is 0 Å². The number of nitrogens with zero attached hydrogens (tertiary/aromatic N) is 1. The standard InChI is InChI=1S/C24H26N2O3S/c27-24(19-4-6-23-18(15-19)7-12-30-23)25-20(16-26-8-1-2-9-26)13-17-3-5-21-22(14-17)29-11-10-28-21/h3-7,12,14-15,20H,1-2,8-11,13,16H2,(H,25,27)/p+1. The van der Waals surface area contributed by atoms with Crippen molar-refractivity contribution in [1.82, 2.24) is 4.90 Å². The number of carbonyl (C=O) groups is 1. The van der Waals surface area contributed by atoms with Gasteiger partial charge in [0.1, 0.15) is 19.3 Å². The Bertz CT molecular complexity index is 1040. The van der Waals surface area contributed by atoms with Crippen LogP contribution in [0.3, 0.4) is 0 Å². The Morgan fingerprint density at radius 3 is 2.73 bits per heavy atom. The topological polar surface area (TPSA) is 55.4 Å². The summed E-state index contributed by atoms with van der Waals surface area (Å²) in [4.78, 5) is 15.6. The molecule has 1 unspecified atom stereocenters. The number of benzene rings is 2. The van der Waals surface area contributed by atoms with Crippen LogP contribution in [-0.4, -0.2) is 49.7 Å². The summed E-state index contributed by atoms with van der Waals surface area (Å²) >= 11 is 1.71. The minimum Gasteiger partial charge on any atom is -0.486 e. The number of quaternary nitrogens is 1. The van der Waals surface area contributed by atoms with Crippen LogP contribution in [0.25, 0.3) is 10.1 Å². The zero-order valence-electron chi connectivity index (χ0n) is 17.0. The summed E-state index contributed by atoms with van der Waals surface area (Å²) in [5.74, 6) is 1.74. The Kier molecular flexibility index (Phi) is 5.71. The third-order valence-electron chi connectivity index (χ3n) is 5.92. The van der Waals surface area contributed by atoms with E-state index in [4.69, 9.17) is 9.47 Å². The number of likely N-dealkylation sites (tertiary alicyclic amines) is 1. The molecule has 6 heteroatoms. The number of rotatable bonds is 6. The van der Waals surface area contributed by atoms with Crippen LogP contribution in [0.1, 0.15) is 28.8 Å². The lowest BCUT2D eigenvalue weighted by Crippen LogP contribution is -2.95. The molecule has 1 saturated heterocycles. The first-order valence-corrected chi connectivity index (χ1v) is 11.6. The summed E-state index contributed by atoms with van der Waals surface area (Å²) in [5, 5.41) is 5.14. The van der Waals surface area contributed by atoms with Gasteiger partial charge in [-0.3, -0.25) is 10.2 Å². The molecule has 1 fully saturated rings. The minimum absolute atomic E-state index is 0.116. The van der Waals surface area contributed by atoms with Crippen LogP contribution in [0.5, 0.6) is 11.5 Å². The molecule has 0 spiro atoms. The molecule has 1 atom stereocenters. The molecule has 5 nitrogen and oxygen atoms in total. The van der Waals surface area contributed by atoms with E-state index in [9.17, 15) is 4.79 Å². The third kappa shape index (κ3) is 4.36. The monoisotopic (exact) mass is 423 g/mol. The highest BCUT2D eigenvalue weighted by atomic mass is 32.1. The number of fused-ring (bicyclic) bond motifs is 2. The van der Waals surface area contributed by atoms with E-state index in [0.717, 1.165) is 48.5 Å². The molecule has 1 aromatic heterocycles. The molecular weight excluding hydrogens is 396 g/mol. The average molecular weight is 424 g/mol. The maximum atomic E-state index is 13.1. The van der Waals surface area contributed by atoms with Crippen LogP contribution in [0.4, 0.5) is 0 Å². The largest absolute Gasteiger partial charge is 0.486 e. The van der Waals surface area contributed by atoms with E-state index in [2.05, 4.69) is 34.5 Å². The predicted octanol–water partition coefficient (Wildman–Crippen LogP) is 3.08. The number of hydrogen-bond acceptors (Lipinski definition) is 5. The summed E-state index contributed by atoms with van der Waals surface area (Å²) in [6.45, 7) is 4.35.